The van der Waals surface area contributed by atoms with Crippen LogP contribution in [0.1, 0.15) is 49.4 Å². The number of esters is 1. The van der Waals surface area contributed by atoms with E-state index in [0.717, 1.165) is 0 Å². The van der Waals surface area contributed by atoms with Gasteiger partial charge in [0.05, 0.1) is 36.3 Å². The minimum absolute atomic E-state index is 0.121. The number of hydrogen-bond donors (Lipinski definition) is 2. The molecular formula is C30H36FN5O6S. The molecule has 13 heteroatoms. The molecule has 1 aromatic carbocycles. The number of ether oxygens (including phenoxy) is 2. The van der Waals surface area contributed by atoms with Gasteiger partial charge in [-0.3, -0.25) is 19.5 Å². The highest BCUT2D eigenvalue weighted by Gasteiger charge is 2.44. The average Bonchev–Trinajstić information content (AvgIpc) is 3.65. The van der Waals surface area contributed by atoms with Gasteiger partial charge in [0.1, 0.15) is 11.9 Å². The number of nitrogens with zero attached hydrogens (tertiary/aromatic N) is 4. The molecule has 230 valence electrons. The van der Waals surface area contributed by atoms with Crippen molar-refractivity contribution in [2.45, 2.75) is 52.3 Å². The van der Waals surface area contributed by atoms with E-state index in [1.54, 1.807) is 37.1 Å². The van der Waals surface area contributed by atoms with Crippen molar-refractivity contribution in [2.75, 3.05) is 39.4 Å². The first-order valence-electron chi connectivity index (χ1n) is 14.3. The second kappa shape index (κ2) is 12.5. The number of morpholine rings is 1. The van der Waals surface area contributed by atoms with Gasteiger partial charge in [0, 0.05) is 49.9 Å². The van der Waals surface area contributed by atoms with Gasteiger partial charge in [-0.1, -0.05) is 12.1 Å². The second-order valence-corrected chi connectivity index (χ2v) is 12.4. The molecule has 4 heterocycles. The monoisotopic (exact) mass is 613 g/mol. The molecule has 0 radical (unpaired) electrons. The lowest BCUT2D eigenvalue weighted by atomic mass is 9.89. The van der Waals surface area contributed by atoms with Gasteiger partial charge in [-0.15, -0.1) is 11.3 Å². The number of carboxylic acids is 1. The Bertz CT molecular complexity index is 1460. The Balaban J connectivity index is 1.49. The number of nitrogens with one attached hydrogen (secondary N) is 1. The van der Waals surface area contributed by atoms with Crippen LogP contribution >= 0.6 is 11.3 Å². The number of carbonyl (C=O) groups excluding carboxylic acids is 2. The van der Waals surface area contributed by atoms with E-state index in [2.05, 4.69) is 15.2 Å². The summed E-state index contributed by atoms with van der Waals surface area (Å²) >= 11 is 1.39. The highest BCUT2D eigenvalue weighted by Crippen LogP contribution is 2.36. The van der Waals surface area contributed by atoms with Gasteiger partial charge in [0.25, 0.3) is 0 Å². The minimum Gasteiger partial charge on any atom is -0.481 e. The van der Waals surface area contributed by atoms with Gasteiger partial charge < -0.3 is 24.8 Å². The van der Waals surface area contributed by atoms with Crippen LogP contribution in [0.25, 0.3) is 0 Å². The fourth-order valence-electron chi connectivity index (χ4n) is 5.69. The van der Waals surface area contributed by atoms with E-state index in [9.17, 15) is 23.9 Å². The molecule has 3 unspecified atom stereocenters. The van der Waals surface area contributed by atoms with E-state index in [1.165, 1.54) is 31.3 Å². The maximum absolute atomic E-state index is 14.8. The number of aliphatic carboxylic acids is 1. The van der Waals surface area contributed by atoms with Crippen molar-refractivity contribution in [2.24, 2.45) is 10.4 Å². The summed E-state index contributed by atoms with van der Waals surface area (Å²) in [7, 11) is 0. The summed E-state index contributed by atoms with van der Waals surface area (Å²) < 4.78 is 26.3. The predicted octanol–water partition coefficient (Wildman–Crippen LogP) is 2.91. The third-order valence-corrected chi connectivity index (χ3v) is 8.94. The second-order valence-electron chi connectivity index (χ2n) is 11.5. The first-order valence-corrected chi connectivity index (χ1v) is 15.1. The Kier molecular flexibility index (Phi) is 8.95. The first-order chi connectivity index (χ1) is 20.5. The molecule has 0 saturated carbocycles. The molecule has 0 spiro atoms. The fraction of sp³-hybridized carbons (Fsp3) is 0.500. The lowest BCUT2D eigenvalue weighted by Gasteiger charge is -2.38. The normalized spacial score (nSPS) is 22.6. The number of fused-ring (bicyclic) bond motifs is 1. The molecule has 3 aliphatic rings. The number of aromatic nitrogens is 1. The topological polar surface area (TPSA) is 134 Å². The molecular weight excluding hydrogens is 577 g/mol. The molecule has 2 fully saturated rings. The summed E-state index contributed by atoms with van der Waals surface area (Å²) in [5.74, 6) is -1.75. The number of benzene rings is 1. The van der Waals surface area contributed by atoms with Crippen molar-refractivity contribution in [1.29, 1.82) is 0 Å². The first kappa shape index (κ1) is 30.8. The number of hydrogen-bond acceptors (Lipinski definition) is 10. The van der Waals surface area contributed by atoms with Crippen LogP contribution in [-0.4, -0.2) is 95.1 Å². The number of amides is 1. The van der Waals surface area contributed by atoms with Crippen molar-refractivity contribution in [3.05, 3.63) is 63.0 Å². The van der Waals surface area contributed by atoms with E-state index in [4.69, 9.17) is 14.5 Å². The SMILES string of the molecule is CCOC(=O)C1=C(CN2CCOC3CN(C(=O)CC(C)(C)C(=O)O)CC32)NC(c2nccs2)=NC1c1cccc(F)c1C. The largest absolute Gasteiger partial charge is 0.481 e. The number of rotatable bonds is 9. The van der Waals surface area contributed by atoms with Crippen LogP contribution in [-0.2, 0) is 23.9 Å². The maximum Gasteiger partial charge on any atom is 0.338 e. The van der Waals surface area contributed by atoms with E-state index in [-0.39, 0.29) is 43.2 Å². The predicted molar refractivity (Wildman–Crippen MR) is 157 cm³/mol. The van der Waals surface area contributed by atoms with Crippen LogP contribution in [0.15, 0.2) is 46.0 Å². The van der Waals surface area contributed by atoms with E-state index < -0.39 is 29.2 Å². The third-order valence-electron chi connectivity index (χ3n) is 8.16. The number of aliphatic imine (C=N–C) groups is 1. The summed E-state index contributed by atoms with van der Waals surface area (Å²) in [5.41, 5.74) is 0.595. The third kappa shape index (κ3) is 6.34. The smallest absolute Gasteiger partial charge is 0.338 e. The van der Waals surface area contributed by atoms with Gasteiger partial charge in [-0.25, -0.2) is 14.2 Å². The average molecular weight is 614 g/mol. The highest BCUT2D eigenvalue weighted by molar-refractivity contribution is 7.11. The van der Waals surface area contributed by atoms with Crippen LogP contribution in [0.4, 0.5) is 4.39 Å². The molecule has 5 rings (SSSR count). The van der Waals surface area contributed by atoms with Gasteiger partial charge >= 0.3 is 11.9 Å². The molecule has 1 amide bonds. The van der Waals surface area contributed by atoms with Crippen LogP contribution < -0.4 is 5.32 Å². The summed E-state index contributed by atoms with van der Waals surface area (Å²) in [6.07, 6.45) is 1.28. The number of amidine groups is 1. The van der Waals surface area contributed by atoms with E-state index in [0.29, 0.717) is 53.9 Å². The molecule has 3 aliphatic heterocycles. The maximum atomic E-state index is 14.8. The summed E-state index contributed by atoms with van der Waals surface area (Å²) in [5, 5.41) is 15.3. The summed E-state index contributed by atoms with van der Waals surface area (Å²) in [6, 6.07) is 3.72. The number of halogens is 1. The van der Waals surface area contributed by atoms with Gasteiger partial charge in [-0.2, -0.15) is 0 Å². The van der Waals surface area contributed by atoms with Crippen LogP contribution in [0.5, 0.6) is 0 Å². The Morgan fingerprint density at radius 3 is 2.77 bits per heavy atom. The quantitative estimate of drug-likeness (QED) is 0.410. The van der Waals surface area contributed by atoms with Crippen molar-refractivity contribution < 1.29 is 33.4 Å². The minimum atomic E-state index is -1.19. The molecule has 1 aromatic heterocycles. The van der Waals surface area contributed by atoms with Crippen LogP contribution in [0.2, 0.25) is 0 Å². The molecule has 2 saturated heterocycles. The highest BCUT2D eigenvalue weighted by atomic mass is 32.1. The van der Waals surface area contributed by atoms with Crippen molar-refractivity contribution in [3.8, 4) is 0 Å². The number of thiazole rings is 1. The number of likely N-dealkylation sites (tertiary alicyclic amines) is 1. The Hall–Kier alpha value is -3.68. The molecule has 3 atom stereocenters. The van der Waals surface area contributed by atoms with Crippen molar-refractivity contribution >= 4 is 35.0 Å². The zero-order valence-corrected chi connectivity index (χ0v) is 25.4. The fourth-order valence-corrected chi connectivity index (χ4v) is 6.28. The molecule has 11 nitrogen and oxygen atoms in total. The van der Waals surface area contributed by atoms with Crippen molar-refractivity contribution in [3.63, 3.8) is 0 Å². The lowest BCUT2D eigenvalue weighted by Crippen LogP contribution is -2.53. The van der Waals surface area contributed by atoms with Crippen LogP contribution in [0.3, 0.4) is 0 Å². The molecule has 2 N–H and O–H groups in total. The van der Waals surface area contributed by atoms with Crippen LogP contribution in [0, 0.1) is 18.2 Å². The van der Waals surface area contributed by atoms with E-state index in [1.807, 2.05) is 5.38 Å². The van der Waals surface area contributed by atoms with Gasteiger partial charge in [0.15, 0.2) is 10.8 Å². The number of carboxylic acid groups (broad SMARTS) is 1. The van der Waals surface area contributed by atoms with Crippen molar-refractivity contribution in [1.82, 2.24) is 20.1 Å². The molecule has 2 aromatic rings. The summed E-state index contributed by atoms with van der Waals surface area (Å²) in [4.78, 5) is 51.4. The van der Waals surface area contributed by atoms with E-state index >= 15 is 0 Å². The standard InChI is InChI=1S/C30H36FN5O6S/c1-5-41-28(38)24-20(33-26(27-32-9-12-43-27)34-25(24)18-7-6-8-19(31)17(18)2)14-35-10-11-42-22-16-36(15-21(22)35)23(37)13-30(3,4)29(39)40/h6-9,12,21-22,25H,5,10-11,13-16H2,1-4H3,(H,33,34)(H,39,40). The molecule has 0 aliphatic carbocycles. The van der Waals surface area contributed by atoms with Gasteiger partial charge in [0.2, 0.25) is 5.91 Å². The Morgan fingerprint density at radius 1 is 1.28 bits per heavy atom. The zero-order chi connectivity index (χ0) is 30.9. The Labute approximate surface area is 253 Å². The Morgan fingerprint density at radius 2 is 2.07 bits per heavy atom. The van der Waals surface area contributed by atoms with Gasteiger partial charge in [-0.05, 0) is 44.9 Å². The number of carbonyl (C=O) groups is 3. The summed E-state index contributed by atoms with van der Waals surface area (Å²) in [6.45, 7) is 8.58. The molecule has 43 heavy (non-hydrogen) atoms. The molecule has 0 bridgehead atoms. The zero-order valence-electron chi connectivity index (χ0n) is 24.6. The lowest BCUT2D eigenvalue weighted by molar-refractivity contribution is -0.151.